The monoisotopic (exact) mass is 622 g/mol. The molecule has 13 heteroatoms. The highest BCUT2D eigenvalue weighted by Crippen LogP contribution is 2.28. The number of methoxy groups -OCH3 is 1. The number of benzene rings is 1. The van der Waals surface area contributed by atoms with E-state index in [2.05, 4.69) is 21.5 Å². The highest BCUT2D eigenvalue weighted by atomic mass is 35.5. The van der Waals surface area contributed by atoms with Crippen molar-refractivity contribution in [1.29, 1.82) is 0 Å². The van der Waals surface area contributed by atoms with Crippen LogP contribution in [0.2, 0.25) is 0 Å². The maximum Gasteiger partial charge on any atom is 0.337 e. The largest absolute Gasteiger partial charge is 0.465 e. The van der Waals surface area contributed by atoms with Crippen molar-refractivity contribution in [3.63, 3.8) is 0 Å². The second-order valence-corrected chi connectivity index (χ2v) is 10.3. The molecule has 4 rings (SSSR count). The van der Waals surface area contributed by atoms with E-state index in [1.54, 1.807) is 29.8 Å². The molecule has 0 spiro atoms. The quantitative estimate of drug-likeness (QED) is 0.159. The number of rotatable bonds is 12. The number of imidazole rings is 1. The smallest absolute Gasteiger partial charge is 0.337 e. The predicted molar refractivity (Wildman–Crippen MR) is 164 cm³/mol. The van der Waals surface area contributed by atoms with Gasteiger partial charge in [0, 0.05) is 24.9 Å². The van der Waals surface area contributed by atoms with Crippen LogP contribution in [0.3, 0.4) is 0 Å². The Bertz CT molecular complexity index is 1370. The van der Waals surface area contributed by atoms with Gasteiger partial charge in [0.1, 0.15) is 11.5 Å². The van der Waals surface area contributed by atoms with Crippen LogP contribution in [0, 0.1) is 0 Å². The second-order valence-electron chi connectivity index (χ2n) is 9.36. The van der Waals surface area contributed by atoms with Crippen molar-refractivity contribution in [2.24, 2.45) is 0 Å². The number of anilines is 1. The summed E-state index contributed by atoms with van der Waals surface area (Å²) in [6.07, 6.45) is 7.83. The van der Waals surface area contributed by atoms with E-state index in [-0.39, 0.29) is 49.0 Å². The van der Waals surface area contributed by atoms with Crippen LogP contribution in [0.5, 0.6) is 0 Å². The SMILES string of the molecule is CCCCc1ncc(/C=C2/C(=O)N(CCCC)C(=O)N2Cc2csc(N)n2)n1Cc1ccc(C(=O)OC)cc1.Cl.Cl. The predicted octanol–water partition coefficient (Wildman–Crippen LogP) is 5.55. The van der Waals surface area contributed by atoms with Gasteiger partial charge < -0.3 is 15.0 Å². The third kappa shape index (κ3) is 7.87. The fraction of sp³-hybridized carbons (Fsp3) is 0.393. The lowest BCUT2D eigenvalue weighted by Crippen LogP contribution is -2.33. The van der Waals surface area contributed by atoms with Crippen molar-refractivity contribution in [2.45, 2.75) is 59.0 Å². The number of urea groups is 1. The van der Waals surface area contributed by atoms with Gasteiger partial charge in [0.2, 0.25) is 0 Å². The summed E-state index contributed by atoms with van der Waals surface area (Å²) < 4.78 is 6.86. The first-order valence-electron chi connectivity index (χ1n) is 13.1. The fourth-order valence-electron chi connectivity index (χ4n) is 4.40. The lowest BCUT2D eigenvalue weighted by molar-refractivity contribution is -0.123. The number of halogens is 2. The number of thiazole rings is 1. The van der Waals surface area contributed by atoms with E-state index < -0.39 is 5.97 Å². The summed E-state index contributed by atoms with van der Waals surface area (Å²) in [7, 11) is 1.35. The second kappa shape index (κ2) is 15.6. The van der Waals surface area contributed by atoms with Crippen molar-refractivity contribution in [1.82, 2.24) is 24.3 Å². The minimum atomic E-state index is -0.391. The van der Waals surface area contributed by atoms with E-state index in [4.69, 9.17) is 10.5 Å². The molecule has 1 aromatic carbocycles. The Hall–Kier alpha value is -3.41. The number of nitrogen functional groups attached to an aromatic ring is 1. The summed E-state index contributed by atoms with van der Waals surface area (Å²) in [5.41, 5.74) is 8.88. The Morgan fingerprint density at radius 3 is 2.37 bits per heavy atom. The van der Waals surface area contributed by atoms with Gasteiger partial charge >= 0.3 is 12.0 Å². The zero-order chi connectivity index (χ0) is 27.9. The van der Waals surface area contributed by atoms with E-state index in [9.17, 15) is 14.4 Å². The first-order valence-corrected chi connectivity index (χ1v) is 14.0. The molecule has 0 saturated carbocycles. The molecule has 10 nitrogen and oxygen atoms in total. The molecule has 41 heavy (non-hydrogen) atoms. The molecule has 2 aromatic heterocycles. The minimum absolute atomic E-state index is 0. The summed E-state index contributed by atoms with van der Waals surface area (Å²) in [5, 5.41) is 2.21. The van der Waals surface area contributed by atoms with Crippen LogP contribution >= 0.6 is 36.2 Å². The number of aryl methyl sites for hydroxylation is 1. The van der Waals surface area contributed by atoms with Crippen LogP contribution in [0.15, 0.2) is 41.5 Å². The number of aromatic nitrogens is 3. The number of nitrogens with two attached hydrogens (primary N) is 1. The minimum Gasteiger partial charge on any atom is -0.465 e. The number of carbonyl (C=O) groups excluding carboxylic acids is 3. The summed E-state index contributed by atoms with van der Waals surface area (Å²) in [5.74, 6) is 0.165. The van der Waals surface area contributed by atoms with Crippen LogP contribution < -0.4 is 5.73 Å². The van der Waals surface area contributed by atoms with Crippen molar-refractivity contribution in [3.8, 4) is 0 Å². The molecule has 2 N–H and O–H groups in total. The molecule has 222 valence electrons. The number of unbranched alkanes of at least 4 members (excludes halogenated alkanes) is 2. The van der Waals surface area contributed by atoms with E-state index in [0.717, 1.165) is 49.2 Å². The van der Waals surface area contributed by atoms with Crippen LogP contribution in [-0.2, 0) is 29.0 Å². The maximum atomic E-state index is 13.5. The normalized spacial score (nSPS) is 13.9. The summed E-state index contributed by atoms with van der Waals surface area (Å²) >= 11 is 1.30. The Morgan fingerprint density at radius 1 is 1.05 bits per heavy atom. The van der Waals surface area contributed by atoms with Crippen molar-refractivity contribution >= 4 is 65.3 Å². The number of imide groups is 1. The average Bonchev–Trinajstić information content (AvgIpc) is 3.59. The van der Waals surface area contributed by atoms with Gasteiger partial charge in [-0.15, -0.1) is 36.2 Å². The number of amides is 3. The lowest BCUT2D eigenvalue weighted by Gasteiger charge is -2.16. The van der Waals surface area contributed by atoms with E-state index in [0.29, 0.717) is 29.5 Å². The van der Waals surface area contributed by atoms with Crippen molar-refractivity contribution in [2.75, 3.05) is 19.4 Å². The molecule has 0 atom stereocenters. The third-order valence-corrected chi connectivity index (χ3v) is 7.29. The Kier molecular flexibility index (Phi) is 12.8. The molecule has 3 amide bonds. The summed E-state index contributed by atoms with van der Waals surface area (Å²) in [4.78, 5) is 50.4. The molecule has 0 aliphatic carbocycles. The first kappa shape index (κ1) is 33.8. The number of hydrogen-bond donors (Lipinski definition) is 1. The Morgan fingerprint density at radius 2 is 1.76 bits per heavy atom. The van der Waals surface area contributed by atoms with Gasteiger partial charge in [-0.3, -0.25) is 14.6 Å². The average molecular weight is 624 g/mol. The van der Waals surface area contributed by atoms with Crippen LogP contribution in [0.4, 0.5) is 9.93 Å². The van der Waals surface area contributed by atoms with Gasteiger partial charge in [-0.05, 0) is 36.6 Å². The summed E-state index contributed by atoms with van der Waals surface area (Å²) in [6, 6.07) is 6.86. The first-order chi connectivity index (χ1) is 18.9. The topological polar surface area (TPSA) is 124 Å². The van der Waals surface area contributed by atoms with Gasteiger partial charge in [0.25, 0.3) is 5.91 Å². The highest BCUT2D eigenvalue weighted by molar-refractivity contribution is 7.13. The Balaban J connectivity index is 0.00000294. The van der Waals surface area contributed by atoms with Crippen LogP contribution in [-0.4, -0.2) is 55.9 Å². The molecule has 3 heterocycles. The van der Waals surface area contributed by atoms with E-state index in [1.807, 2.05) is 19.1 Å². The molecule has 1 fully saturated rings. The van der Waals surface area contributed by atoms with Crippen molar-refractivity contribution in [3.05, 3.63) is 69.9 Å². The standard InChI is InChI=1S/C28H34N6O4S.2ClH/c1-4-6-8-24-30-15-22(33(24)16-19-9-11-20(12-10-19)26(36)38-3)14-23-25(35)32(13-7-5-2)28(37)34(23)17-21-18-39-27(29)31-21;;/h9-12,14-15,18H,4-8,13,16-17H2,1-3H3,(H2,29,31);2*1H/b23-14-;;. The zero-order valence-electron chi connectivity index (χ0n) is 23.4. The molecule has 3 aromatic rings. The third-order valence-electron chi connectivity index (χ3n) is 6.57. The molecule has 0 bridgehead atoms. The molecule has 1 saturated heterocycles. The highest BCUT2D eigenvalue weighted by Gasteiger charge is 2.41. The molecular formula is C28H36Cl2N6O4S. The van der Waals surface area contributed by atoms with Gasteiger partial charge in [-0.2, -0.15) is 0 Å². The molecule has 1 aliphatic heterocycles. The number of ether oxygens (including phenoxy) is 1. The fourth-order valence-corrected chi connectivity index (χ4v) is 4.95. The van der Waals surface area contributed by atoms with Crippen LogP contribution in [0.25, 0.3) is 6.08 Å². The van der Waals surface area contributed by atoms with Gasteiger partial charge in [0.05, 0.1) is 36.8 Å². The molecule has 1 aliphatic rings. The maximum absolute atomic E-state index is 13.5. The van der Waals surface area contributed by atoms with Gasteiger partial charge in [0.15, 0.2) is 5.13 Å². The number of carbonyl (C=O) groups is 3. The van der Waals surface area contributed by atoms with Crippen molar-refractivity contribution < 1.29 is 19.1 Å². The number of nitrogens with zero attached hydrogens (tertiary/aromatic N) is 5. The molecular weight excluding hydrogens is 587 g/mol. The van der Waals surface area contributed by atoms with E-state index in [1.165, 1.54) is 28.2 Å². The number of esters is 1. The zero-order valence-corrected chi connectivity index (χ0v) is 25.8. The van der Waals surface area contributed by atoms with Gasteiger partial charge in [-0.1, -0.05) is 38.8 Å². The van der Waals surface area contributed by atoms with Gasteiger partial charge in [-0.25, -0.2) is 19.6 Å². The molecule has 0 unspecified atom stereocenters. The molecule has 0 radical (unpaired) electrons. The summed E-state index contributed by atoms with van der Waals surface area (Å²) in [6.45, 7) is 5.14. The Labute approximate surface area is 256 Å². The van der Waals surface area contributed by atoms with E-state index >= 15 is 0 Å². The number of hydrogen-bond acceptors (Lipinski definition) is 8. The lowest BCUT2D eigenvalue weighted by atomic mass is 10.1. The van der Waals surface area contributed by atoms with Crippen LogP contribution in [0.1, 0.15) is 72.7 Å².